The van der Waals surface area contributed by atoms with E-state index in [-0.39, 0.29) is 6.61 Å². The number of hydrogen-bond acceptors (Lipinski definition) is 5. The zero-order valence-electron chi connectivity index (χ0n) is 12.0. The summed E-state index contributed by atoms with van der Waals surface area (Å²) in [6.07, 6.45) is 0. The van der Waals surface area contributed by atoms with Crippen molar-refractivity contribution < 1.29 is 9.15 Å². The van der Waals surface area contributed by atoms with Gasteiger partial charge < -0.3 is 9.15 Å². The third-order valence-electron chi connectivity index (χ3n) is 2.59. The number of nitrogens with zero attached hydrogens (tertiary/aromatic N) is 2. The fraction of sp³-hybridized carbons (Fsp3) is 0.333. The lowest BCUT2D eigenvalue weighted by atomic mass is 10.1. The first kappa shape index (κ1) is 14.7. The molecule has 0 atom stereocenters. The molecule has 106 valence electrons. The molecule has 2 rings (SSSR count). The predicted octanol–water partition coefficient (Wildman–Crippen LogP) is 3.93. The standard InChI is InChI=1S/C15H18N2O2S/c1-10(2)9-20-15-17-16-14(19-15)8-18-13-7-11(3)5-6-12(13)4/h5-7H,1,8-9H2,2-4H3. The summed E-state index contributed by atoms with van der Waals surface area (Å²) in [5.74, 6) is 2.11. The van der Waals surface area contributed by atoms with Gasteiger partial charge in [-0.15, -0.1) is 10.2 Å². The summed E-state index contributed by atoms with van der Waals surface area (Å²) in [4.78, 5) is 0. The third-order valence-corrected chi connectivity index (χ3v) is 3.63. The van der Waals surface area contributed by atoms with Crippen molar-refractivity contribution in [3.8, 4) is 5.75 Å². The van der Waals surface area contributed by atoms with Crippen LogP contribution in [0.2, 0.25) is 0 Å². The van der Waals surface area contributed by atoms with E-state index >= 15 is 0 Å². The number of hydrogen-bond donors (Lipinski definition) is 0. The molecule has 0 N–H and O–H groups in total. The van der Waals surface area contributed by atoms with Crippen LogP contribution in [0, 0.1) is 13.8 Å². The van der Waals surface area contributed by atoms with Crippen LogP contribution < -0.4 is 4.74 Å². The van der Waals surface area contributed by atoms with Gasteiger partial charge in [0.25, 0.3) is 11.1 Å². The monoisotopic (exact) mass is 290 g/mol. The molecule has 0 bridgehead atoms. The summed E-state index contributed by atoms with van der Waals surface area (Å²) in [5.41, 5.74) is 3.32. The Morgan fingerprint density at radius 1 is 1.35 bits per heavy atom. The predicted molar refractivity (Wildman–Crippen MR) is 80.1 cm³/mol. The van der Waals surface area contributed by atoms with Crippen LogP contribution >= 0.6 is 11.8 Å². The summed E-state index contributed by atoms with van der Waals surface area (Å²) >= 11 is 1.48. The van der Waals surface area contributed by atoms with Gasteiger partial charge in [-0.1, -0.05) is 36.0 Å². The van der Waals surface area contributed by atoms with E-state index < -0.39 is 0 Å². The van der Waals surface area contributed by atoms with E-state index in [2.05, 4.69) is 22.8 Å². The van der Waals surface area contributed by atoms with Gasteiger partial charge in [-0.3, -0.25) is 0 Å². The van der Waals surface area contributed by atoms with Gasteiger partial charge in [-0.05, 0) is 38.0 Å². The van der Waals surface area contributed by atoms with Gasteiger partial charge in [0, 0.05) is 5.75 Å². The molecule has 0 spiro atoms. The highest BCUT2D eigenvalue weighted by molar-refractivity contribution is 7.99. The smallest absolute Gasteiger partial charge is 0.277 e. The molecule has 0 radical (unpaired) electrons. The fourth-order valence-electron chi connectivity index (χ4n) is 1.54. The first-order valence-corrected chi connectivity index (χ1v) is 7.33. The van der Waals surface area contributed by atoms with Crippen LogP contribution in [0.1, 0.15) is 23.9 Å². The number of aromatic nitrogens is 2. The van der Waals surface area contributed by atoms with Crippen molar-refractivity contribution >= 4 is 11.8 Å². The highest BCUT2D eigenvalue weighted by Gasteiger charge is 2.08. The second kappa shape index (κ2) is 6.61. The molecular formula is C15H18N2O2S. The van der Waals surface area contributed by atoms with Crippen molar-refractivity contribution in [3.05, 3.63) is 47.4 Å². The van der Waals surface area contributed by atoms with E-state index in [9.17, 15) is 0 Å². The lowest BCUT2D eigenvalue weighted by Gasteiger charge is -2.07. The Bertz CT molecular complexity index is 608. The molecule has 4 nitrogen and oxygen atoms in total. The Labute approximate surface area is 123 Å². The van der Waals surface area contributed by atoms with E-state index in [1.54, 1.807) is 0 Å². The van der Waals surface area contributed by atoms with Crippen LogP contribution in [-0.2, 0) is 6.61 Å². The van der Waals surface area contributed by atoms with Gasteiger partial charge in [0.05, 0.1) is 0 Å². The number of ether oxygens (including phenoxy) is 1. The Morgan fingerprint density at radius 3 is 2.90 bits per heavy atom. The Morgan fingerprint density at radius 2 is 2.15 bits per heavy atom. The summed E-state index contributed by atoms with van der Waals surface area (Å²) in [7, 11) is 0. The van der Waals surface area contributed by atoms with Crippen molar-refractivity contribution in [2.75, 3.05) is 5.75 Å². The highest BCUT2D eigenvalue weighted by atomic mass is 32.2. The van der Waals surface area contributed by atoms with Crippen LogP contribution in [0.15, 0.2) is 40.0 Å². The molecule has 2 aromatic rings. The molecule has 20 heavy (non-hydrogen) atoms. The first-order valence-electron chi connectivity index (χ1n) is 6.34. The zero-order chi connectivity index (χ0) is 14.5. The van der Waals surface area contributed by atoms with Crippen molar-refractivity contribution in [3.63, 3.8) is 0 Å². The molecule has 0 fully saturated rings. The lowest BCUT2D eigenvalue weighted by molar-refractivity contribution is 0.250. The molecule has 1 heterocycles. The maximum Gasteiger partial charge on any atom is 0.277 e. The summed E-state index contributed by atoms with van der Waals surface area (Å²) in [6, 6.07) is 6.09. The fourth-order valence-corrected chi connectivity index (χ4v) is 2.17. The molecule has 0 aliphatic carbocycles. The second-order valence-corrected chi connectivity index (χ2v) is 5.69. The average Bonchev–Trinajstić information content (AvgIpc) is 2.85. The Kier molecular flexibility index (Phi) is 4.84. The number of thioether (sulfide) groups is 1. The van der Waals surface area contributed by atoms with Crippen molar-refractivity contribution in [2.24, 2.45) is 0 Å². The third kappa shape index (κ3) is 4.13. The van der Waals surface area contributed by atoms with Gasteiger partial charge in [0.15, 0.2) is 6.61 Å². The maximum absolute atomic E-state index is 5.72. The van der Waals surface area contributed by atoms with Gasteiger partial charge in [0.1, 0.15) is 5.75 Å². The molecule has 0 aliphatic rings. The highest BCUT2D eigenvalue weighted by Crippen LogP contribution is 2.22. The number of rotatable bonds is 6. The van der Waals surface area contributed by atoms with E-state index in [1.165, 1.54) is 11.8 Å². The summed E-state index contributed by atoms with van der Waals surface area (Å²) in [5, 5.41) is 8.48. The van der Waals surface area contributed by atoms with Crippen LogP contribution in [0.5, 0.6) is 5.75 Å². The van der Waals surface area contributed by atoms with Crippen LogP contribution in [0.3, 0.4) is 0 Å². The zero-order valence-corrected chi connectivity index (χ0v) is 12.8. The normalized spacial score (nSPS) is 10.6. The van der Waals surface area contributed by atoms with Gasteiger partial charge in [-0.25, -0.2) is 0 Å². The van der Waals surface area contributed by atoms with E-state index in [0.29, 0.717) is 11.1 Å². The second-order valence-electron chi connectivity index (χ2n) is 4.77. The quantitative estimate of drug-likeness (QED) is 0.596. The van der Waals surface area contributed by atoms with Crippen LogP contribution in [0.25, 0.3) is 0 Å². The summed E-state index contributed by atoms with van der Waals surface area (Å²) in [6.45, 7) is 10.1. The Hall–Kier alpha value is -1.75. The van der Waals surface area contributed by atoms with Gasteiger partial charge in [-0.2, -0.15) is 0 Å². The largest absolute Gasteiger partial charge is 0.484 e. The van der Waals surface area contributed by atoms with E-state index in [4.69, 9.17) is 9.15 Å². The van der Waals surface area contributed by atoms with Crippen molar-refractivity contribution in [1.82, 2.24) is 10.2 Å². The van der Waals surface area contributed by atoms with E-state index in [1.807, 2.05) is 32.9 Å². The van der Waals surface area contributed by atoms with Gasteiger partial charge in [0.2, 0.25) is 0 Å². The molecule has 5 heteroatoms. The maximum atomic E-state index is 5.72. The molecule has 0 saturated heterocycles. The molecule has 1 aromatic heterocycles. The summed E-state index contributed by atoms with van der Waals surface area (Å²) < 4.78 is 11.2. The van der Waals surface area contributed by atoms with E-state index in [0.717, 1.165) is 28.2 Å². The molecule has 1 aromatic carbocycles. The average molecular weight is 290 g/mol. The molecular weight excluding hydrogens is 272 g/mol. The molecule has 0 saturated carbocycles. The van der Waals surface area contributed by atoms with Crippen molar-refractivity contribution in [2.45, 2.75) is 32.6 Å². The lowest BCUT2D eigenvalue weighted by Crippen LogP contribution is -1.97. The van der Waals surface area contributed by atoms with Crippen molar-refractivity contribution in [1.29, 1.82) is 0 Å². The minimum Gasteiger partial charge on any atom is -0.484 e. The number of aryl methyl sites for hydroxylation is 2. The SMILES string of the molecule is C=C(C)CSc1nnc(COc2cc(C)ccc2C)o1. The van der Waals surface area contributed by atoms with Crippen LogP contribution in [-0.4, -0.2) is 16.0 Å². The van der Waals surface area contributed by atoms with Crippen LogP contribution in [0.4, 0.5) is 0 Å². The minimum absolute atomic E-state index is 0.283. The molecule has 0 amide bonds. The molecule has 0 unspecified atom stereocenters. The minimum atomic E-state index is 0.283. The van der Waals surface area contributed by atoms with Gasteiger partial charge >= 0.3 is 0 Å². The molecule has 0 aliphatic heterocycles. The topological polar surface area (TPSA) is 48.2 Å². The first-order chi connectivity index (χ1) is 9.54. The Balaban J connectivity index is 1.94. The number of benzene rings is 1.